The van der Waals surface area contributed by atoms with Crippen LogP contribution < -0.4 is 4.74 Å². The van der Waals surface area contributed by atoms with Crippen molar-refractivity contribution in [3.8, 4) is 5.75 Å². The summed E-state index contributed by atoms with van der Waals surface area (Å²) >= 11 is 0. The minimum Gasteiger partial charge on any atom is -0.493 e. The van der Waals surface area contributed by atoms with E-state index in [2.05, 4.69) is 0 Å². The molecule has 0 amide bonds. The zero-order valence-corrected chi connectivity index (χ0v) is 17.0. The van der Waals surface area contributed by atoms with Crippen molar-refractivity contribution in [2.75, 3.05) is 6.61 Å². The van der Waals surface area contributed by atoms with Crippen molar-refractivity contribution in [1.82, 2.24) is 0 Å². The smallest absolute Gasteiger partial charge is 0.493 e. The van der Waals surface area contributed by atoms with Gasteiger partial charge in [-0.3, -0.25) is 0 Å². The lowest BCUT2D eigenvalue weighted by molar-refractivity contribution is 0.00578. The first kappa shape index (κ1) is 21.5. The summed E-state index contributed by atoms with van der Waals surface area (Å²) in [5, 5.41) is 0. The zero-order valence-electron chi connectivity index (χ0n) is 17.0. The van der Waals surface area contributed by atoms with Gasteiger partial charge in [-0.15, -0.1) is 0 Å². The number of ether oxygens (including phenoxy) is 1. The van der Waals surface area contributed by atoms with Crippen molar-refractivity contribution in [3.05, 3.63) is 71.5 Å². The summed E-state index contributed by atoms with van der Waals surface area (Å²) in [7, 11) is -1.24. The summed E-state index contributed by atoms with van der Waals surface area (Å²) in [6.07, 6.45) is 0.121. The highest BCUT2D eigenvalue weighted by Gasteiger charge is 2.53. The van der Waals surface area contributed by atoms with Gasteiger partial charge in [0.2, 0.25) is 0 Å². The van der Waals surface area contributed by atoms with Gasteiger partial charge < -0.3 is 14.0 Å². The molecule has 0 radical (unpaired) electrons. The molecule has 1 saturated heterocycles. The molecule has 0 atom stereocenters. The molecule has 1 fully saturated rings. The van der Waals surface area contributed by atoms with Gasteiger partial charge in [-0.1, -0.05) is 24.3 Å². The standard InChI is InChI=1S/C22H24BF3O3/c1-21(2)22(3,4)29-23(28-21)20(26)17(15-10-11-18(24)19(25)14-15)12-13-27-16-8-6-5-7-9-16/h5-11,14H,12-13H2,1-4H3. The Balaban J connectivity index is 1.89. The molecule has 29 heavy (non-hydrogen) atoms. The Hall–Kier alpha value is -2.25. The second-order valence-corrected chi connectivity index (χ2v) is 7.96. The first-order chi connectivity index (χ1) is 13.6. The lowest BCUT2D eigenvalue weighted by Gasteiger charge is -2.32. The summed E-state index contributed by atoms with van der Waals surface area (Å²) in [5.74, 6) is -1.41. The van der Waals surface area contributed by atoms with Gasteiger partial charge in [0.05, 0.1) is 17.8 Å². The van der Waals surface area contributed by atoms with E-state index in [1.807, 2.05) is 45.9 Å². The van der Waals surface area contributed by atoms with Crippen LogP contribution in [0.5, 0.6) is 5.75 Å². The van der Waals surface area contributed by atoms with E-state index in [-0.39, 0.29) is 24.2 Å². The Morgan fingerprint density at radius 1 is 0.931 bits per heavy atom. The summed E-state index contributed by atoms with van der Waals surface area (Å²) < 4.78 is 59.9. The van der Waals surface area contributed by atoms with Crippen LogP contribution in [-0.4, -0.2) is 24.9 Å². The predicted octanol–water partition coefficient (Wildman–Crippen LogP) is 5.75. The molecule has 3 nitrogen and oxygen atoms in total. The van der Waals surface area contributed by atoms with Crippen LogP contribution in [0.2, 0.25) is 0 Å². The Kier molecular flexibility index (Phi) is 6.10. The third-order valence-corrected chi connectivity index (χ3v) is 5.38. The minimum atomic E-state index is -1.24. The van der Waals surface area contributed by atoms with Gasteiger partial charge in [0, 0.05) is 6.42 Å². The molecule has 3 rings (SSSR count). The quantitative estimate of drug-likeness (QED) is 0.575. The van der Waals surface area contributed by atoms with E-state index in [9.17, 15) is 8.78 Å². The summed E-state index contributed by atoms with van der Waals surface area (Å²) in [5.41, 5.74) is -1.76. The lowest BCUT2D eigenvalue weighted by Crippen LogP contribution is -2.41. The van der Waals surface area contributed by atoms with Crippen LogP contribution in [0.25, 0.3) is 5.57 Å². The molecule has 0 unspecified atom stereocenters. The van der Waals surface area contributed by atoms with E-state index < -0.39 is 35.7 Å². The largest absolute Gasteiger partial charge is 0.525 e. The van der Waals surface area contributed by atoms with Gasteiger partial charge in [-0.25, -0.2) is 13.2 Å². The van der Waals surface area contributed by atoms with E-state index in [1.165, 1.54) is 6.07 Å². The molecule has 0 aromatic heterocycles. The van der Waals surface area contributed by atoms with Gasteiger partial charge >= 0.3 is 7.12 Å². The molecule has 0 N–H and O–H groups in total. The molecule has 0 saturated carbocycles. The molecule has 154 valence electrons. The van der Waals surface area contributed by atoms with Gasteiger partial charge in [0.25, 0.3) is 0 Å². The van der Waals surface area contributed by atoms with E-state index in [4.69, 9.17) is 14.0 Å². The second kappa shape index (κ2) is 8.24. The number of benzene rings is 2. The average Bonchev–Trinajstić information content (AvgIpc) is 2.89. The van der Waals surface area contributed by atoms with Crippen molar-refractivity contribution in [2.45, 2.75) is 45.3 Å². The van der Waals surface area contributed by atoms with E-state index in [0.29, 0.717) is 5.75 Å². The van der Waals surface area contributed by atoms with E-state index in [0.717, 1.165) is 12.1 Å². The molecular weight excluding hydrogens is 380 g/mol. The molecule has 0 spiro atoms. The third kappa shape index (κ3) is 4.68. The van der Waals surface area contributed by atoms with Gasteiger partial charge in [-0.2, -0.15) is 0 Å². The summed E-state index contributed by atoms with van der Waals surface area (Å²) in [6, 6.07) is 12.4. The first-order valence-electron chi connectivity index (χ1n) is 9.48. The Morgan fingerprint density at radius 2 is 1.55 bits per heavy atom. The fourth-order valence-electron chi connectivity index (χ4n) is 2.96. The maximum absolute atomic E-state index is 15.5. The zero-order chi connectivity index (χ0) is 21.2. The second-order valence-electron chi connectivity index (χ2n) is 7.96. The third-order valence-electron chi connectivity index (χ3n) is 5.38. The van der Waals surface area contributed by atoms with Crippen LogP contribution in [0.4, 0.5) is 13.2 Å². The summed E-state index contributed by atoms with van der Waals surface area (Å²) in [6.45, 7) is 7.41. The number of hydrogen-bond acceptors (Lipinski definition) is 3. The number of hydrogen-bond donors (Lipinski definition) is 0. The SMILES string of the molecule is CC1(C)OB(C(F)=C(CCOc2ccccc2)c2ccc(F)c(F)c2)OC1(C)C. The first-order valence-corrected chi connectivity index (χ1v) is 9.48. The normalized spacial score (nSPS) is 18.5. The predicted molar refractivity (Wildman–Crippen MR) is 107 cm³/mol. The molecule has 0 aliphatic carbocycles. The van der Waals surface area contributed by atoms with E-state index >= 15 is 4.39 Å². The van der Waals surface area contributed by atoms with Gasteiger partial charge in [-0.05, 0) is 63.1 Å². The topological polar surface area (TPSA) is 27.7 Å². The van der Waals surface area contributed by atoms with Crippen molar-refractivity contribution < 1.29 is 27.2 Å². The molecule has 1 aliphatic rings. The Bertz CT molecular complexity index is 881. The van der Waals surface area contributed by atoms with Crippen molar-refractivity contribution >= 4 is 12.7 Å². The molecule has 1 heterocycles. The molecule has 1 aliphatic heterocycles. The van der Waals surface area contributed by atoms with E-state index in [1.54, 1.807) is 12.1 Å². The highest BCUT2D eigenvalue weighted by atomic mass is 19.2. The number of halogens is 3. The fourth-order valence-corrected chi connectivity index (χ4v) is 2.96. The molecule has 2 aromatic carbocycles. The highest BCUT2D eigenvalue weighted by Crippen LogP contribution is 2.40. The molecular formula is C22H24BF3O3. The van der Waals surface area contributed by atoms with Crippen LogP contribution in [-0.2, 0) is 9.31 Å². The monoisotopic (exact) mass is 404 g/mol. The number of rotatable bonds is 6. The maximum Gasteiger partial charge on any atom is 0.525 e. The minimum absolute atomic E-state index is 0.121. The molecule has 7 heteroatoms. The van der Waals surface area contributed by atoms with Crippen LogP contribution in [0.3, 0.4) is 0 Å². The lowest BCUT2D eigenvalue weighted by atomic mass is 9.82. The van der Waals surface area contributed by atoms with Crippen LogP contribution in [0, 0.1) is 11.6 Å². The Morgan fingerprint density at radius 3 is 2.14 bits per heavy atom. The Labute approximate surface area is 169 Å². The summed E-state index contributed by atoms with van der Waals surface area (Å²) in [4.78, 5) is 0. The van der Waals surface area contributed by atoms with Crippen molar-refractivity contribution in [2.24, 2.45) is 0 Å². The van der Waals surface area contributed by atoms with Crippen molar-refractivity contribution in [1.29, 1.82) is 0 Å². The van der Waals surface area contributed by atoms with Gasteiger partial charge in [0.15, 0.2) is 11.6 Å². The molecule has 0 bridgehead atoms. The van der Waals surface area contributed by atoms with Crippen molar-refractivity contribution in [3.63, 3.8) is 0 Å². The molecule has 2 aromatic rings. The van der Waals surface area contributed by atoms with Crippen LogP contribution in [0.1, 0.15) is 39.7 Å². The fraction of sp³-hybridized carbons (Fsp3) is 0.364. The van der Waals surface area contributed by atoms with Crippen LogP contribution in [0.15, 0.2) is 54.3 Å². The van der Waals surface area contributed by atoms with Gasteiger partial charge in [0.1, 0.15) is 11.5 Å². The maximum atomic E-state index is 15.5. The number of para-hydroxylation sites is 1. The average molecular weight is 404 g/mol. The van der Waals surface area contributed by atoms with Crippen LogP contribution >= 0.6 is 0 Å². The highest BCUT2D eigenvalue weighted by molar-refractivity contribution is 6.55.